The third-order valence-electron chi connectivity index (χ3n) is 4.71. The number of carbonyl (C=O) groups is 2. The van der Waals surface area contributed by atoms with Crippen LogP contribution in [0, 0.1) is 10.1 Å². The van der Waals surface area contributed by atoms with Crippen molar-refractivity contribution in [2.75, 3.05) is 13.1 Å². The molecule has 29 heavy (non-hydrogen) atoms. The fraction of sp³-hybridized carbons (Fsp3) is 0.278. The van der Waals surface area contributed by atoms with Crippen LogP contribution in [0.1, 0.15) is 18.5 Å². The Morgan fingerprint density at radius 2 is 1.86 bits per heavy atom. The van der Waals surface area contributed by atoms with E-state index >= 15 is 0 Å². The molecule has 0 bridgehead atoms. The fourth-order valence-electron chi connectivity index (χ4n) is 3.28. The molecule has 152 valence electrons. The molecule has 2 aromatic rings. The van der Waals surface area contributed by atoms with E-state index in [2.05, 4.69) is 10.4 Å². The molecule has 3 heterocycles. The first-order valence-corrected chi connectivity index (χ1v) is 9.63. The maximum absolute atomic E-state index is 12.7. The molecular weight excluding hydrogens is 418 g/mol. The number of nitro benzene ring substituents is 1. The molecule has 1 N–H and O–H groups in total. The maximum Gasteiger partial charge on any atom is 0.293 e. The number of non-ortho nitro benzene ring substituents is 1. The summed E-state index contributed by atoms with van der Waals surface area (Å²) in [5, 5.41) is 18.1. The van der Waals surface area contributed by atoms with Gasteiger partial charge < -0.3 is 5.32 Å². The van der Waals surface area contributed by atoms with Gasteiger partial charge in [-0.15, -0.1) is 12.4 Å². The van der Waals surface area contributed by atoms with Crippen molar-refractivity contribution in [1.29, 1.82) is 0 Å². The number of aromatic nitrogens is 2. The molecule has 2 amide bonds. The van der Waals surface area contributed by atoms with Gasteiger partial charge in [-0.2, -0.15) is 5.10 Å². The molecule has 1 aromatic heterocycles. The van der Waals surface area contributed by atoms with Gasteiger partial charge in [0.15, 0.2) is 0 Å². The number of hydrogen-bond acceptors (Lipinski definition) is 7. The number of halogens is 1. The van der Waals surface area contributed by atoms with Gasteiger partial charge in [0.2, 0.25) is 0 Å². The summed E-state index contributed by atoms with van der Waals surface area (Å²) in [6, 6.07) is 7.67. The summed E-state index contributed by atoms with van der Waals surface area (Å²) in [6.45, 7) is 1.59. The average Bonchev–Trinajstić information content (AvgIpc) is 3.27. The minimum atomic E-state index is -0.462. The van der Waals surface area contributed by atoms with Gasteiger partial charge in [0.05, 0.1) is 21.2 Å². The molecular formula is C18H18ClN5O4S. The molecule has 2 aliphatic rings. The second-order valence-electron chi connectivity index (χ2n) is 6.49. The lowest BCUT2D eigenvalue weighted by Crippen LogP contribution is -2.45. The number of amides is 2. The molecule has 2 fully saturated rings. The number of nitrogens with zero attached hydrogens (tertiary/aromatic N) is 4. The Morgan fingerprint density at radius 1 is 1.17 bits per heavy atom. The van der Waals surface area contributed by atoms with Gasteiger partial charge in [-0.1, -0.05) is 0 Å². The second-order valence-corrected chi connectivity index (χ2v) is 7.48. The van der Waals surface area contributed by atoms with E-state index in [4.69, 9.17) is 0 Å². The quantitative estimate of drug-likeness (QED) is 0.446. The monoisotopic (exact) mass is 435 g/mol. The summed E-state index contributed by atoms with van der Waals surface area (Å²) in [5.74, 6) is -0.271. The van der Waals surface area contributed by atoms with Crippen molar-refractivity contribution in [3.8, 4) is 5.69 Å². The highest BCUT2D eigenvalue weighted by molar-refractivity contribution is 8.18. The van der Waals surface area contributed by atoms with Gasteiger partial charge in [0.1, 0.15) is 0 Å². The van der Waals surface area contributed by atoms with E-state index in [0.29, 0.717) is 16.3 Å². The van der Waals surface area contributed by atoms with Crippen LogP contribution >= 0.6 is 24.2 Å². The van der Waals surface area contributed by atoms with Crippen molar-refractivity contribution < 1.29 is 14.5 Å². The molecule has 0 atom stereocenters. The first kappa shape index (κ1) is 21.0. The summed E-state index contributed by atoms with van der Waals surface area (Å²) >= 11 is 0.934. The van der Waals surface area contributed by atoms with Crippen molar-refractivity contribution in [1.82, 2.24) is 20.0 Å². The predicted molar refractivity (Wildman–Crippen MR) is 111 cm³/mol. The van der Waals surface area contributed by atoms with Crippen LogP contribution in [0.4, 0.5) is 10.5 Å². The number of rotatable bonds is 4. The Labute approximate surface area is 176 Å². The lowest BCUT2D eigenvalue weighted by atomic mass is 10.1. The van der Waals surface area contributed by atoms with E-state index in [0.717, 1.165) is 37.7 Å². The van der Waals surface area contributed by atoms with Crippen LogP contribution in [0.2, 0.25) is 0 Å². The van der Waals surface area contributed by atoms with Crippen LogP contribution in [0.15, 0.2) is 41.4 Å². The Bertz CT molecular complexity index is 969. The van der Waals surface area contributed by atoms with E-state index in [1.807, 2.05) is 0 Å². The topological polar surface area (TPSA) is 110 Å². The van der Waals surface area contributed by atoms with Gasteiger partial charge in [0.25, 0.3) is 16.8 Å². The predicted octanol–water partition coefficient (Wildman–Crippen LogP) is 2.99. The first-order valence-electron chi connectivity index (χ1n) is 8.81. The van der Waals surface area contributed by atoms with Gasteiger partial charge in [-0.3, -0.25) is 24.6 Å². The number of imide groups is 1. The zero-order valence-corrected chi connectivity index (χ0v) is 16.8. The van der Waals surface area contributed by atoms with Crippen molar-refractivity contribution in [2.45, 2.75) is 18.9 Å². The van der Waals surface area contributed by atoms with E-state index in [1.165, 1.54) is 17.0 Å². The highest BCUT2D eigenvalue weighted by atomic mass is 35.5. The SMILES string of the molecule is Cl.O=C1S/C(=C\c2ccn(-c3ccc([N+](=O)[O-])cc3)n2)C(=O)N1C1CCNCC1. The molecule has 0 spiro atoms. The molecule has 0 aliphatic carbocycles. The largest absolute Gasteiger partial charge is 0.317 e. The summed E-state index contributed by atoms with van der Waals surface area (Å²) < 4.78 is 1.56. The molecule has 0 unspecified atom stereocenters. The molecule has 4 rings (SSSR count). The Morgan fingerprint density at radius 3 is 2.52 bits per heavy atom. The van der Waals surface area contributed by atoms with Crippen LogP contribution in [0.25, 0.3) is 11.8 Å². The number of benzene rings is 1. The van der Waals surface area contributed by atoms with Crippen molar-refractivity contribution in [3.05, 3.63) is 57.2 Å². The molecule has 2 saturated heterocycles. The number of nitro groups is 1. The lowest BCUT2D eigenvalue weighted by molar-refractivity contribution is -0.384. The standard InChI is InChI=1S/C18H17N5O4S.ClH/c24-17-16(28-18(25)22(17)14-5-8-19-9-6-14)11-12-7-10-21(20-12)13-1-3-15(4-2-13)23(26)27;/h1-4,7,10-11,14,19H,5-6,8-9H2;1H/b16-11-;. The number of piperidine rings is 1. The first-order chi connectivity index (χ1) is 13.5. The third-order valence-corrected chi connectivity index (χ3v) is 5.59. The van der Waals surface area contributed by atoms with Gasteiger partial charge in [-0.25, -0.2) is 4.68 Å². The van der Waals surface area contributed by atoms with E-state index in [1.54, 1.807) is 35.2 Å². The van der Waals surface area contributed by atoms with Crippen LogP contribution in [-0.2, 0) is 4.79 Å². The number of thioether (sulfide) groups is 1. The zero-order chi connectivity index (χ0) is 19.7. The third kappa shape index (κ3) is 4.34. The molecule has 11 heteroatoms. The van der Waals surface area contributed by atoms with Crippen LogP contribution < -0.4 is 5.32 Å². The minimum Gasteiger partial charge on any atom is -0.317 e. The molecule has 2 aliphatic heterocycles. The van der Waals surface area contributed by atoms with Crippen LogP contribution in [-0.4, -0.2) is 49.9 Å². The maximum atomic E-state index is 12.7. The van der Waals surface area contributed by atoms with Crippen molar-refractivity contribution in [3.63, 3.8) is 0 Å². The highest BCUT2D eigenvalue weighted by Crippen LogP contribution is 2.35. The molecule has 0 radical (unpaired) electrons. The molecule has 0 saturated carbocycles. The number of carbonyl (C=O) groups excluding carboxylic acids is 2. The Balaban J connectivity index is 0.00000240. The van der Waals surface area contributed by atoms with Crippen molar-refractivity contribution >= 4 is 47.1 Å². The number of nitrogens with one attached hydrogen (secondary N) is 1. The summed E-state index contributed by atoms with van der Waals surface area (Å²) in [4.78, 5) is 37.0. The normalized spacial score (nSPS) is 18.9. The fourth-order valence-corrected chi connectivity index (χ4v) is 4.16. The number of hydrogen-bond donors (Lipinski definition) is 1. The minimum absolute atomic E-state index is 0. The second kappa shape index (κ2) is 8.76. The molecule has 9 nitrogen and oxygen atoms in total. The van der Waals surface area contributed by atoms with Crippen molar-refractivity contribution in [2.24, 2.45) is 0 Å². The highest BCUT2D eigenvalue weighted by Gasteiger charge is 2.40. The van der Waals surface area contributed by atoms with E-state index in [9.17, 15) is 19.7 Å². The van der Waals surface area contributed by atoms with Crippen LogP contribution in [0.3, 0.4) is 0 Å². The Kier molecular flexibility index (Phi) is 6.36. The van der Waals surface area contributed by atoms with E-state index in [-0.39, 0.29) is 35.3 Å². The van der Waals surface area contributed by atoms with Gasteiger partial charge >= 0.3 is 0 Å². The molecule has 1 aromatic carbocycles. The lowest BCUT2D eigenvalue weighted by Gasteiger charge is -2.29. The zero-order valence-electron chi connectivity index (χ0n) is 15.2. The summed E-state index contributed by atoms with van der Waals surface area (Å²) in [5.41, 5.74) is 1.20. The smallest absolute Gasteiger partial charge is 0.293 e. The van der Waals surface area contributed by atoms with Gasteiger partial charge in [0, 0.05) is 24.4 Å². The summed E-state index contributed by atoms with van der Waals surface area (Å²) in [6.07, 6.45) is 4.83. The van der Waals surface area contributed by atoms with Crippen LogP contribution in [0.5, 0.6) is 0 Å². The van der Waals surface area contributed by atoms with Gasteiger partial charge in [-0.05, 0) is 62.0 Å². The Hall–Kier alpha value is -2.69. The average molecular weight is 436 g/mol. The van der Waals surface area contributed by atoms with E-state index < -0.39 is 4.92 Å². The summed E-state index contributed by atoms with van der Waals surface area (Å²) in [7, 11) is 0.